The van der Waals surface area contributed by atoms with Crippen LogP contribution in [0.2, 0.25) is 0 Å². The van der Waals surface area contributed by atoms with Crippen LogP contribution in [0.25, 0.3) is 17.0 Å². The summed E-state index contributed by atoms with van der Waals surface area (Å²) in [5.41, 5.74) is 2.73. The van der Waals surface area contributed by atoms with Crippen LogP contribution in [0.1, 0.15) is 15.9 Å². The number of benzene rings is 3. The van der Waals surface area contributed by atoms with Crippen LogP contribution in [-0.2, 0) is 9.59 Å². The molecule has 0 saturated carbocycles. The zero-order valence-corrected chi connectivity index (χ0v) is 22.1. The number of aromatic nitrogens is 2. The van der Waals surface area contributed by atoms with E-state index in [1.54, 1.807) is 79.1 Å². The summed E-state index contributed by atoms with van der Waals surface area (Å²) in [5.74, 6) is -0.408. The second-order valence-corrected chi connectivity index (χ2v) is 9.75. The normalized spacial score (nSPS) is 11.2. The first-order valence-corrected chi connectivity index (χ1v) is 13.4. The maximum atomic E-state index is 13.4. The molecular formula is C31H25N5O3S. The van der Waals surface area contributed by atoms with Crippen molar-refractivity contribution in [1.82, 2.24) is 15.3 Å². The summed E-state index contributed by atoms with van der Waals surface area (Å²) in [4.78, 5) is 46.8. The third-order valence-corrected chi connectivity index (χ3v) is 6.84. The Labute approximate surface area is 234 Å². The van der Waals surface area contributed by atoms with Crippen molar-refractivity contribution < 1.29 is 14.4 Å². The number of pyridine rings is 1. The van der Waals surface area contributed by atoms with Gasteiger partial charge in [-0.3, -0.25) is 14.4 Å². The van der Waals surface area contributed by atoms with E-state index >= 15 is 0 Å². The second-order valence-electron chi connectivity index (χ2n) is 8.70. The summed E-state index contributed by atoms with van der Waals surface area (Å²) in [6, 6.07) is 28.9. The lowest BCUT2D eigenvalue weighted by molar-refractivity contribution is -0.114. The number of fused-ring (bicyclic) bond motifs is 1. The van der Waals surface area contributed by atoms with E-state index in [0.29, 0.717) is 17.1 Å². The number of hydrogen-bond acceptors (Lipinski definition) is 5. The lowest BCUT2D eigenvalue weighted by atomic mass is 10.1. The van der Waals surface area contributed by atoms with Crippen LogP contribution in [0.4, 0.5) is 11.5 Å². The number of amides is 3. The molecule has 40 heavy (non-hydrogen) atoms. The van der Waals surface area contributed by atoms with Gasteiger partial charge in [-0.15, -0.1) is 11.8 Å². The van der Waals surface area contributed by atoms with Gasteiger partial charge < -0.3 is 20.9 Å². The number of thioether (sulfide) groups is 1. The number of rotatable bonds is 9. The van der Waals surface area contributed by atoms with Gasteiger partial charge in [-0.25, -0.2) is 4.98 Å². The number of para-hydroxylation sites is 1. The molecule has 5 rings (SSSR count). The van der Waals surface area contributed by atoms with Gasteiger partial charge in [0.1, 0.15) is 11.5 Å². The van der Waals surface area contributed by atoms with Crippen molar-refractivity contribution in [3.05, 3.63) is 126 Å². The van der Waals surface area contributed by atoms with E-state index in [2.05, 4.69) is 25.9 Å². The number of nitrogens with one attached hydrogen (secondary N) is 4. The van der Waals surface area contributed by atoms with E-state index < -0.39 is 11.8 Å². The topological polar surface area (TPSA) is 116 Å². The number of carbonyl (C=O) groups is 3. The predicted octanol–water partition coefficient (Wildman–Crippen LogP) is 5.70. The molecule has 9 heteroatoms. The van der Waals surface area contributed by atoms with Crippen LogP contribution in [0.5, 0.6) is 0 Å². The first-order chi connectivity index (χ1) is 19.5. The van der Waals surface area contributed by atoms with Crippen molar-refractivity contribution in [3.63, 3.8) is 0 Å². The molecule has 0 saturated heterocycles. The molecule has 0 aliphatic heterocycles. The van der Waals surface area contributed by atoms with Crippen molar-refractivity contribution in [3.8, 4) is 0 Å². The number of aromatic amines is 1. The standard InChI is InChI=1S/C31H25N5O3S/c37-29(36-28-15-6-7-16-32-28)20-40-24-12-8-11-23(18-24)34-31(39)27(35-30(38)21-9-2-1-3-10-21)17-22-19-33-26-14-5-4-13-25(22)26/h1-19,33H,20H2,(H,34,39)(H,35,38)(H,32,36,37)/b27-17-. The second kappa shape index (κ2) is 12.6. The third kappa shape index (κ3) is 6.83. The summed E-state index contributed by atoms with van der Waals surface area (Å²) in [6.45, 7) is 0. The van der Waals surface area contributed by atoms with Gasteiger partial charge in [-0.2, -0.15) is 0 Å². The van der Waals surface area contributed by atoms with Crippen molar-refractivity contribution in [2.75, 3.05) is 16.4 Å². The van der Waals surface area contributed by atoms with E-state index in [0.717, 1.165) is 21.4 Å². The molecule has 0 atom stereocenters. The monoisotopic (exact) mass is 547 g/mol. The Balaban J connectivity index is 1.32. The van der Waals surface area contributed by atoms with Gasteiger partial charge in [0.2, 0.25) is 5.91 Å². The minimum absolute atomic E-state index is 0.0893. The molecule has 198 valence electrons. The van der Waals surface area contributed by atoms with E-state index in [9.17, 15) is 14.4 Å². The van der Waals surface area contributed by atoms with E-state index in [4.69, 9.17) is 0 Å². The Bertz CT molecular complexity index is 1680. The predicted molar refractivity (Wildman–Crippen MR) is 159 cm³/mol. The minimum Gasteiger partial charge on any atom is -0.361 e. The largest absolute Gasteiger partial charge is 0.361 e. The third-order valence-electron chi connectivity index (χ3n) is 5.84. The molecule has 0 aliphatic carbocycles. The molecule has 0 fully saturated rings. The summed E-state index contributed by atoms with van der Waals surface area (Å²) < 4.78 is 0. The van der Waals surface area contributed by atoms with Crippen LogP contribution >= 0.6 is 11.8 Å². The first kappa shape index (κ1) is 26.5. The zero-order chi connectivity index (χ0) is 27.7. The number of H-pyrrole nitrogens is 1. The Hall–Kier alpha value is -5.15. The SMILES string of the molecule is O=C(CSc1cccc(NC(=O)/C(=C/c2c[nH]c3ccccc23)NC(=O)c2ccccc2)c1)Nc1ccccn1. The first-order valence-electron chi connectivity index (χ1n) is 12.4. The Morgan fingerprint density at radius 3 is 2.48 bits per heavy atom. The van der Waals surface area contributed by atoms with Gasteiger partial charge in [-0.1, -0.05) is 48.5 Å². The molecule has 3 amide bonds. The summed E-state index contributed by atoms with van der Waals surface area (Å²) >= 11 is 1.33. The Kier molecular flexibility index (Phi) is 8.33. The molecule has 2 heterocycles. The van der Waals surface area contributed by atoms with Gasteiger partial charge >= 0.3 is 0 Å². The van der Waals surface area contributed by atoms with Gasteiger partial charge in [-0.05, 0) is 54.6 Å². The molecule has 0 unspecified atom stereocenters. The average molecular weight is 548 g/mol. The highest BCUT2D eigenvalue weighted by Crippen LogP contribution is 2.23. The quantitative estimate of drug-likeness (QED) is 0.140. The number of hydrogen-bond donors (Lipinski definition) is 4. The minimum atomic E-state index is -0.482. The number of anilines is 2. The maximum absolute atomic E-state index is 13.4. The highest BCUT2D eigenvalue weighted by Gasteiger charge is 2.16. The molecule has 0 bridgehead atoms. The smallest absolute Gasteiger partial charge is 0.272 e. The summed E-state index contributed by atoms with van der Waals surface area (Å²) in [5, 5.41) is 9.31. The molecule has 0 radical (unpaired) electrons. The molecule has 3 aromatic carbocycles. The Morgan fingerprint density at radius 1 is 0.850 bits per heavy atom. The van der Waals surface area contributed by atoms with Gasteiger partial charge in [0.15, 0.2) is 0 Å². The molecule has 4 N–H and O–H groups in total. The van der Waals surface area contributed by atoms with Crippen molar-refractivity contribution in [1.29, 1.82) is 0 Å². The fourth-order valence-corrected chi connectivity index (χ4v) is 4.69. The Morgan fingerprint density at radius 2 is 1.65 bits per heavy atom. The van der Waals surface area contributed by atoms with Crippen LogP contribution < -0.4 is 16.0 Å². The zero-order valence-electron chi connectivity index (χ0n) is 21.3. The van der Waals surface area contributed by atoms with E-state index in [1.807, 2.05) is 36.4 Å². The number of nitrogens with zero attached hydrogens (tertiary/aromatic N) is 1. The number of carbonyl (C=O) groups excluding carboxylic acids is 3. The van der Waals surface area contributed by atoms with E-state index in [1.165, 1.54) is 11.8 Å². The highest BCUT2D eigenvalue weighted by atomic mass is 32.2. The fourth-order valence-electron chi connectivity index (χ4n) is 3.94. The highest BCUT2D eigenvalue weighted by molar-refractivity contribution is 8.00. The maximum Gasteiger partial charge on any atom is 0.272 e. The fraction of sp³-hybridized carbons (Fsp3) is 0.0323. The van der Waals surface area contributed by atoms with Crippen LogP contribution in [-0.4, -0.2) is 33.4 Å². The molecular weight excluding hydrogens is 522 g/mol. The van der Waals surface area contributed by atoms with Crippen LogP contribution in [0, 0.1) is 0 Å². The van der Waals surface area contributed by atoms with Gasteiger partial charge in [0, 0.05) is 45.0 Å². The molecule has 0 spiro atoms. The molecule has 0 aliphatic rings. The summed E-state index contributed by atoms with van der Waals surface area (Å²) in [6.07, 6.45) is 5.05. The lowest BCUT2D eigenvalue weighted by Gasteiger charge is -2.12. The van der Waals surface area contributed by atoms with Crippen molar-refractivity contribution >= 4 is 58.0 Å². The van der Waals surface area contributed by atoms with Gasteiger partial charge in [0.05, 0.1) is 5.75 Å². The molecule has 8 nitrogen and oxygen atoms in total. The van der Waals surface area contributed by atoms with Crippen molar-refractivity contribution in [2.45, 2.75) is 4.90 Å². The van der Waals surface area contributed by atoms with Crippen LogP contribution in [0.3, 0.4) is 0 Å². The van der Waals surface area contributed by atoms with Gasteiger partial charge in [0.25, 0.3) is 11.8 Å². The van der Waals surface area contributed by atoms with Crippen molar-refractivity contribution in [2.24, 2.45) is 0 Å². The average Bonchev–Trinajstić information content (AvgIpc) is 3.39. The van der Waals surface area contributed by atoms with Crippen LogP contribution in [0.15, 0.2) is 120 Å². The lowest BCUT2D eigenvalue weighted by Crippen LogP contribution is -2.30. The summed E-state index contributed by atoms with van der Waals surface area (Å²) in [7, 11) is 0. The van der Waals surface area contributed by atoms with E-state index in [-0.39, 0.29) is 17.4 Å². The molecule has 5 aromatic rings. The molecule has 2 aromatic heterocycles.